The number of aryl methyl sites for hydroxylation is 1. The highest BCUT2D eigenvalue weighted by atomic mass is 16.6. The van der Waals surface area contributed by atoms with Crippen LogP contribution in [-0.4, -0.2) is 42.6 Å². The summed E-state index contributed by atoms with van der Waals surface area (Å²) in [7, 11) is 0. The number of benzene rings is 2. The molecule has 1 atom stereocenters. The van der Waals surface area contributed by atoms with E-state index in [4.69, 9.17) is 9.47 Å². The third-order valence-electron chi connectivity index (χ3n) is 6.13. The lowest BCUT2D eigenvalue weighted by molar-refractivity contribution is -0.122. The quantitative estimate of drug-likeness (QED) is 0.770. The molecule has 0 aromatic heterocycles. The highest BCUT2D eigenvalue weighted by molar-refractivity contribution is 6.01. The van der Waals surface area contributed by atoms with Gasteiger partial charge in [0.1, 0.15) is 13.2 Å². The van der Waals surface area contributed by atoms with E-state index in [0.29, 0.717) is 36.4 Å². The Bertz CT molecular complexity index is 989. The summed E-state index contributed by atoms with van der Waals surface area (Å²) in [5, 5.41) is 5.19. The molecule has 0 radical (unpaired) electrons. The molecule has 1 aliphatic heterocycles. The molecule has 2 aliphatic carbocycles. The van der Waals surface area contributed by atoms with Gasteiger partial charge < -0.3 is 14.8 Å². The maximum atomic E-state index is 12.7. The monoisotopic (exact) mass is 421 g/mol. The van der Waals surface area contributed by atoms with Gasteiger partial charge in [0.2, 0.25) is 5.91 Å². The normalized spacial score (nSPS) is 19.5. The molecular formula is C24H27N3O4. The summed E-state index contributed by atoms with van der Waals surface area (Å²) in [4.78, 5) is 27.4. The van der Waals surface area contributed by atoms with Crippen LogP contribution in [0.15, 0.2) is 42.5 Å². The van der Waals surface area contributed by atoms with Crippen molar-refractivity contribution in [3.8, 4) is 11.5 Å². The fourth-order valence-electron chi connectivity index (χ4n) is 4.59. The van der Waals surface area contributed by atoms with Gasteiger partial charge in [0.05, 0.1) is 6.54 Å². The van der Waals surface area contributed by atoms with Crippen LogP contribution in [0.4, 0.5) is 10.5 Å². The predicted molar refractivity (Wildman–Crippen MR) is 116 cm³/mol. The van der Waals surface area contributed by atoms with E-state index < -0.39 is 6.03 Å². The van der Waals surface area contributed by atoms with E-state index in [1.807, 2.05) is 0 Å². The maximum absolute atomic E-state index is 12.7. The summed E-state index contributed by atoms with van der Waals surface area (Å²) in [6.45, 7) is 1.21. The van der Waals surface area contributed by atoms with Crippen molar-refractivity contribution >= 4 is 17.6 Å². The highest BCUT2D eigenvalue weighted by Crippen LogP contribution is 2.40. The van der Waals surface area contributed by atoms with Crippen LogP contribution in [0.5, 0.6) is 11.5 Å². The van der Waals surface area contributed by atoms with Crippen LogP contribution in [0.3, 0.4) is 0 Å². The molecule has 0 saturated heterocycles. The first-order valence-corrected chi connectivity index (χ1v) is 11.0. The van der Waals surface area contributed by atoms with E-state index in [-0.39, 0.29) is 18.5 Å². The van der Waals surface area contributed by atoms with Crippen LogP contribution >= 0.6 is 0 Å². The Kier molecular flexibility index (Phi) is 5.51. The van der Waals surface area contributed by atoms with E-state index in [2.05, 4.69) is 39.8 Å². The molecule has 0 spiro atoms. The second-order valence-corrected chi connectivity index (χ2v) is 8.37. The van der Waals surface area contributed by atoms with Crippen molar-refractivity contribution in [3.05, 3.63) is 53.6 Å². The standard InChI is InChI=1S/C24H27N3O4/c28-23(26-24(29)25-17-8-11-21-22(14-17)31-13-12-30-21)15-27(18-9-10-18)20-7-3-5-16-4-1-2-6-19(16)20/h1-2,4,6,8,11,14,18,20H,3,5,7,9-10,12-13,15H2,(H2,25,26,28,29). The number of amides is 3. The molecule has 162 valence electrons. The summed E-state index contributed by atoms with van der Waals surface area (Å²) in [6, 6.07) is 13.8. The minimum absolute atomic E-state index is 0.220. The largest absolute Gasteiger partial charge is 0.486 e. The predicted octanol–water partition coefficient (Wildman–Crippen LogP) is 3.65. The zero-order valence-corrected chi connectivity index (χ0v) is 17.4. The molecule has 31 heavy (non-hydrogen) atoms. The number of imide groups is 1. The van der Waals surface area contributed by atoms with Crippen molar-refractivity contribution in [2.75, 3.05) is 25.1 Å². The Hall–Kier alpha value is -3.06. The molecule has 2 aromatic rings. The molecule has 3 amide bonds. The molecule has 7 nitrogen and oxygen atoms in total. The van der Waals surface area contributed by atoms with Crippen molar-refractivity contribution in [1.82, 2.24) is 10.2 Å². The minimum Gasteiger partial charge on any atom is -0.486 e. The van der Waals surface area contributed by atoms with Gasteiger partial charge in [-0.05, 0) is 55.4 Å². The third-order valence-corrected chi connectivity index (χ3v) is 6.13. The zero-order chi connectivity index (χ0) is 21.2. The Balaban J connectivity index is 1.22. The van der Waals surface area contributed by atoms with Crippen LogP contribution < -0.4 is 20.1 Å². The number of nitrogens with one attached hydrogen (secondary N) is 2. The van der Waals surface area contributed by atoms with Crippen LogP contribution in [0.25, 0.3) is 0 Å². The van der Waals surface area contributed by atoms with Crippen LogP contribution in [-0.2, 0) is 11.2 Å². The molecule has 1 unspecified atom stereocenters. The highest BCUT2D eigenvalue weighted by Gasteiger charge is 2.37. The summed E-state index contributed by atoms with van der Waals surface area (Å²) in [5.74, 6) is 0.956. The number of nitrogens with zero attached hydrogens (tertiary/aromatic N) is 1. The van der Waals surface area contributed by atoms with Crippen molar-refractivity contribution in [2.45, 2.75) is 44.2 Å². The number of carbonyl (C=O) groups is 2. The molecular weight excluding hydrogens is 394 g/mol. The Morgan fingerprint density at radius 3 is 2.65 bits per heavy atom. The van der Waals surface area contributed by atoms with Crippen LogP contribution in [0.2, 0.25) is 0 Å². The Labute approximate surface area is 181 Å². The minimum atomic E-state index is -0.540. The molecule has 3 aliphatic rings. The number of urea groups is 1. The van der Waals surface area contributed by atoms with Gasteiger partial charge in [0.15, 0.2) is 11.5 Å². The second-order valence-electron chi connectivity index (χ2n) is 8.37. The summed E-state index contributed by atoms with van der Waals surface area (Å²) in [6.07, 6.45) is 5.47. The number of fused-ring (bicyclic) bond motifs is 2. The first kappa shape index (κ1) is 19.9. The van der Waals surface area contributed by atoms with Gasteiger partial charge in [-0.2, -0.15) is 0 Å². The average Bonchev–Trinajstić information content (AvgIpc) is 3.62. The van der Waals surface area contributed by atoms with Crippen LogP contribution in [0.1, 0.15) is 42.9 Å². The Morgan fingerprint density at radius 1 is 1.00 bits per heavy atom. The molecule has 2 N–H and O–H groups in total. The van der Waals surface area contributed by atoms with Crippen molar-refractivity contribution in [3.63, 3.8) is 0 Å². The lowest BCUT2D eigenvalue weighted by Crippen LogP contribution is -2.44. The first-order valence-electron chi connectivity index (χ1n) is 11.0. The van der Waals surface area contributed by atoms with Gasteiger partial charge in [0.25, 0.3) is 0 Å². The first-order chi connectivity index (χ1) is 15.2. The third kappa shape index (κ3) is 4.51. The number of anilines is 1. The molecule has 0 bridgehead atoms. The van der Waals surface area contributed by atoms with E-state index in [0.717, 1.165) is 32.1 Å². The molecule has 7 heteroatoms. The molecule has 1 heterocycles. The van der Waals surface area contributed by atoms with Gasteiger partial charge in [-0.3, -0.25) is 15.0 Å². The van der Waals surface area contributed by atoms with Crippen molar-refractivity contribution in [2.24, 2.45) is 0 Å². The van der Waals surface area contributed by atoms with Gasteiger partial charge >= 0.3 is 6.03 Å². The number of hydrogen-bond donors (Lipinski definition) is 2. The average molecular weight is 421 g/mol. The molecule has 5 rings (SSSR count). The fraction of sp³-hybridized carbons (Fsp3) is 0.417. The topological polar surface area (TPSA) is 79.9 Å². The SMILES string of the molecule is O=C(CN(C1CC1)C1CCCc2ccccc21)NC(=O)Nc1ccc2c(c1)OCCO2. The van der Waals surface area contributed by atoms with Gasteiger partial charge in [-0.15, -0.1) is 0 Å². The van der Waals surface area contributed by atoms with Crippen LogP contribution in [0, 0.1) is 0 Å². The summed E-state index contributed by atoms with van der Waals surface area (Å²) < 4.78 is 11.0. The molecule has 1 fully saturated rings. The molecule has 1 saturated carbocycles. The lowest BCUT2D eigenvalue weighted by Gasteiger charge is -2.35. The lowest BCUT2D eigenvalue weighted by atomic mass is 9.86. The summed E-state index contributed by atoms with van der Waals surface area (Å²) >= 11 is 0. The van der Waals surface area contributed by atoms with Crippen molar-refractivity contribution < 1.29 is 19.1 Å². The number of rotatable bonds is 5. The fourth-order valence-corrected chi connectivity index (χ4v) is 4.59. The Morgan fingerprint density at radius 2 is 1.81 bits per heavy atom. The number of carbonyl (C=O) groups excluding carboxylic acids is 2. The summed E-state index contributed by atoms with van der Waals surface area (Å²) in [5.41, 5.74) is 3.25. The van der Waals surface area contributed by atoms with E-state index in [9.17, 15) is 9.59 Å². The van der Waals surface area contributed by atoms with E-state index >= 15 is 0 Å². The van der Waals surface area contributed by atoms with Crippen molar-refractivity contribution in [1.29, 1.82) is 0 Å². The number of ether oxygens (including phenoxy) is 2. The van der Waals surface area contributed by atoms with Gasteiger partial charge in [-0.25, -0.2) is 4.79 Å². The maximum Gasteiger partial charge on any atom is 0.325 e. The van der Waals surface area contributed by atoms with E-state index in [1.54, 1.807) is 18.2 Å². The number of hydrogen-bond acceptors (Lipinski definition) is 5. The van der Waals surface area contributed by atoms with E-state index in [1.165, 1.54) is 11.1 Å². The van der Waals surface area contributed by atoms with Gasteiger partial charge in [0, 0.05) is 23.8 Å². The second kappa shape index (κ2) is 8.59. The smallest absolute Gasteiger partial charge is 0.325 e. The van der Waals surface area contributed by atoms with Gasteiger partial charge in [-0.1, -0.05) is 24.3 Å². The molecule has 2 aromatic carbocycles. The zero-order valence-electron chi connectivity index (χ0n) is 17.4.